The number of amides is 1. The summed E-state index contributed by atoms with van der Waals surface area (Å²) >= 11 is 0. The summed E-state index contributed by atoms with van der Waals surface area (Å²) < 4.78 is 25.2. The molecule has 1 aliphatic rings. The van der Waals surface area contributed by atoms with E-state index in [-0.39, 0.29) is 24.7 Å². The summed E-state index contributed by atoms with van der Waals surface area (Å²) in [7, 11) is 0. The fraction of sp³-hybridized carbons (Fsp3) is 0.226. The summed E-state index contributed by atoms with van der Waals surface area (Å²) in [4.78, 5) is 19.4. The summed E-state index contributed by atoms with van der Waals surface area (Å²) in [5, 5.41) is 2.86. The van der Waals surface area contributed by atoms with E-state index in [1.165, 1.54) is 17.8 Å². The monoisotopic (exact) mass is 511 g/mol. The van der Waals surface area contributed by atoms with Crippen molar-refractivity contribution in [2.75, 3.05) is 31.2 Å². The Hall–Kier alpha value is -4.23. The van der Waals surface area contributed by atoms with E-state index in [1.54, 1.807) is 12.3 Å². The van der Waals surface area contributed by atoms with Crippen molar-refractivity contribution in [3.05, 3.63) is 114 Å². The quantitative estimate of drug-likeness (QED) is 0.336. The Morgan fingerprint density at radius 1 is 0.947 bits per heavy atom. The predicted molar refractivity (Wildman–Crippen MR) is 145 cm³/mol. The van der Waals surface area contributed by atoms with Crippen molar-refractivity contribution in [3.63, 3.8) is 0 Å². The van der Waals surface area contributed by atoms with Crippen LogP contribution in [0.4, 0.5) is 10.1 Å². The summed E-state index contributed by atoms with van der Waals surface area (Å²) in [6, 6.07) is 26.3. The number of morpholine rings is 1. The van der Waals surface area contributed by atoms with Crippen molar-refractivity contribution in [2.45, 2.75) is 19.6 Å². The number of halogens is 1. The van der Waals surface area contributed by atoms with Crippen LogP contribution in [0.2, 0.25) is 0 Å². The normalized spacial score (nSPS) is 13.2. The Balaban J connectivity index is 1.15. The van der Waals surface area contributed by atoms with Gasteiger partial charge < -0.3 is 19.7 Å². The van der Waals surface area contributed by atoms with E-state index >= 15 is 0 Å². The van der Waals surface area contributed by atoms with Crippen LogP contribution >= 0.6 is 0 Å². The van der Waals surface area contributed by atoms with Gasteiger partial charge in [0.1, 0.15) is 18.2 Å². The zero-order valence-corrected chi connectivity index (χ0v) is 21.1. The Morgan fingerprint density at radius 3 is 2.45 bits per heavy atom. The molecule has 38 heavy (non-hydrogen) atoms. The lowest BCUT2D eigenvalue weighted by Crippen LogP contribution is -2.36. The minimum absolute atomic E-state index is 0.131. The van der Waals surface area contributed by atoms with Gasteiger partial charge in [0.2, 0.25) is 5.91 Å². The van der Waals surface area contributed by atoms with E-state index in [1.807, 2.05) is 42.5 Å². The topological polar surface area (TPSA) is 63.7 Å². The van der Waals surface area contributed by atoms with Gasteiger partial charge in [0, 0.05) is 48.3 Å². The Kier molecular flexibility index (Phi) is 8.26. The number of carbonyl (C=O) groups is 1. The maximum Gasteiger partial charge on any atom is 0.226 e. The Morgan fingerprint density at radius 2 is 1.71 bits per heavy atom. The van der Waals surface area contributed by atoms with Gasteiger partial charge in [-0.3, -0.25) is 9.78 Å². The van der Waals surface area contributed by atoms with Gasteiger partial charge in [-0.1, -0.05) is 48.5 Å². The van der Waals surface area contributed by atoms with Gasteiger partial charge in [0.05, 0.1) is 19.6 Å². The molecule has 0 unspecified atom stereocenters. The molecule has 2 heterocycles. The minimum atomic E-state index is -0.378. The number of nitrogens with zero attached hydrogens (tertiary/aromatic N) is 2. The second-order valence-corrected chi connectivity index (χ2v) is 9.16. The number of anilines is 1. The summed E-state index contributed by atoms with van der Waals surface area (Å²) in [6.45, 7) is 3.84. The average Bonchev–Trinajstić information content (AvgIpc) is 2.97. The molecule has 5 rings (SSSR count). The first kappa shape index (κ1) is 25.4. The maximum absolute atomic E-state index is 13.9. The number of aromatic nitrogens is 1. The van der Waals surface area contributed by atoms with Crippen LogP contribution in [0.15, 0.2) is 91.1 Å². The lowest BCUT2D eigenvalue weighted by Gasteiger charge is -2.28. The van der Waals surface area contributed by atoms with Crippen LogP contribution in [0.1, 0.15) is 16.8 Å². The second-order valence-electron chi connectivity index (χ2n) is 9.16. The molecule has 7 heteroatoms. The SMILES string of the molecule is O=C(Cc1ccc(-c2ccc(N3CCOCC3)cc2)cn1)NCc1cc(F)ccc1OCc1ccccc1. The van der Waals surface area contributed by atoms with Gasteiger partial charge in [-0.2, -0.15) is 0 Å². The van der Waals surface area contributed by atoms with Crippen LogP contribution in [-0.4, -0.2) is 37.2 Å². The van der Waals surface area contributed by atoms with Crippen molar-refractivity contribution in [2.24, 2.45) is 0 Å². The predicted octanol–water partition coefficient (Wildman–Crippen LogP) is 5.16. The highest BCUT2D eigenvalue weighted by atomic mass is 19.1. The molecule has 1 aliphatic heterocycles. The van der Waals surface area contributed by atoms with Crippen molar-refractivity contribution in [1.82, 2.24) is 10.3 Å². The van der Waals surface area contributed by atoms with Crippen molar-refractivity contribution >= 4 is 11.6 Å². The molecule has 0 radical (unpaired) electrons. The summed E-state index contributed by atoms with van der Waals surface area (Å²) in [6.07, 6.45) is 1.92. The number of hydrogen-bond donors (Lipinski definition) is 1. The molecule has 0 bridgehead atoms. The Labute approximate surface area is 222 Å². The van der Waals surface area contributed by atoms with Crippen molar-refractivity contribution in [1.29, 1.82) is 0 Å². The molecule has 1 N–H and O–H groups in total. The molecular formula is C31H30FN3O3. The molecule has 0 saturated carbocycles. The third-order valence-electron chi connectivity index (χ3n) is 6.48. The highest BCUT2D eigenvalue weighted by Gasteiger charge is 2.12. The van der Waals surface area contributed by atoms with Crippen LogP contribution in [0.25, 0.3) is 11.1 Å². The molecule has 194 valence electrons. The van der Waals surface area contributed by atoms with Crippen LogP contribution in [-0.2, 0) is 29.1 Å². The van der Waals surface area contributed by atoms with Gasteiger partial charge in [-0.15, -0.1) is 0 Å². The van der Waals surface area contributed by atoms with E-state index in [0.717, 1.165) is 43.0 Å². The molecule has 1 saturated heterocycles. The molecule has 6 nitrogen and oxygen atoms in total. The number of hydrogen-bond acceptors (Lipinski definition) is 5. The number of rotatable bonds is 9. The van der Waals surface area contributed by atoms with E-state index in [4.69, 9.17) is 9.47 Å². The van der Waals surface area contributed by atoms with Crippen molar-refractivity contribution in [3.8, 4) is 16.9 Å². The zero-order valence-electron chi connectivity index (χ0n) is 21.1. The molecular weight excluding hydrogens is 481 g/mol. The minimum Gasteiger partial charge on any atom is -0.489 e. The number of pyridine rings is 1. The van der Waals surface area contributed by atoms with Gasteiger partial charge in [0.25, 0.3) is 0 Å². The lowest BCUT2D eigenvalue weighted by molar-refractivity contribution is -0.120. The highest BCUT2D eigenvalue weighted by molar-refractivity contribution is 5.78. The van der Waals surface area contributed by atoms with Gasteiger partial charge in [-0.05, 0) is 47.5 Å². The van der Waals surface area contributed by atoms with Crippen LogP contribution in [0, 0.1) is 5.82 Å². The standard InChI is InChI=1S/C31H30FN3O3/c32-27-9-13-30(38-22-23-4-2-1-3-5-23)26(18-27)21-34-31(36)19-28-10-6-25(20-33-28)24-7-11-29(12-8-24)35-14-16-37-17-15-35/h1-13,18,20H,14-17,19,21-22H2,(H,34,36). The molecule has 1 fully saturated rings. The van der Waals surface area contributed by atoms with Gasteiger partial charge >= 0.3 is 0 Å². The summed E-state index contributed by atoms with van der Waals surface area (Å²) in [5.74, 6) is -0.0346. The van der Waals surface area contributed by atoms with E-state index in [2.05, 4.69) is 39.5 Å². The molecule has 3 aromatic carbocycles. The molecule has 1 amide bonds. The van der Waals surface area contributed by atoms with Crippen LogP contribution in [0.3, 0.4) is 0 Å². The number of nitrogens with one attached hydrogen (secondary N) is 1. The number of benzene rings is 3. The number of ether oxygens (including phenoxy) is 2. The van der Waals surface area contributed by atoms with Crippen LogP contribution in [0.5, 0.6) is 5.75 Å². The first-order valence-corrected chi connectivity index (χ1v) is 12.7. The maximum atomic E-state index is 13.9. The molecule has 0 aliphatic carbocycles. The molecule has 0 atom stereocenters. The fourth-order valence-corrected chi connectivity index (χ4v) is 4.37. The van der Waals surface area contributed by atoms with E-state index < -0.39 is 0 Å². The molecule has 0 spiro atoms. The van der Waals surface area contributed by atoms with Crippen molar-refractivity contribution < 1.29 is 18.7 Å². The summed E-state index contributed by atoms with van der Waals surface area (Å²) in [5.41, 5.74) is 5.50. The number of carbonyl (C=O) groups excluding carboxylic acids is 1. The lowest BCUT2D eigenvalue weighted by atomic mass is 10.1. The molecule has 1 aromatic heterocycles. The second kappa shape index (κ2) is 12.3. The smallest absolute Gasteiger partial charge is 0.226 e. The fourth-order valence-electron chi connectivity index (χ4n) is 4.37. The highest BCUT2D eigenvalue weighted by Crippen LogP contribution is 2.24. The van der Waals surface area contributed by atoms with E-state index in [9.17, 15) is 9.18 Å². The van der Waals surface area contributed by atoms with Gasteiger partial charge in [0.15, 0.2) is 0 Å². The van der Waals surface area contributed by atoms with E-state index in [0.29, 0.717) is 23.6 Å². The first-order chi connectivity index (χ1) is 18.6. The zero-order chi connectivity index (χ0) is 26.2. The van der Waals surface area contributed by atoms with Crippen LogP contribution < -0.4 is 15.0 Å². The third-order valence-corrected chi connectivity index (χ3v) is 6.48. The largest absolute Gasteiger partial charge is 0.489 e. The Bertz CT molecular complexity index is 1340. The average molecular weight is 512 g/mol. The third kappa shape index (κ3) is 6.75. The first-order valence-electron chi connectivity index (χ1n) is 12.7. The molecule has 4 aromatic rings. The van der Waals surface area contributed by atoms with Gasteiger partial charge in [-0.25, -0.2) is 4.39 Å².